The Hall–Kier alpha value is -1.64. The fourth-order valence-corrected chi connectivity index (χ4v) is 2.58. The molecule has 0 unspecified atom stereocenters. The molecule has 0 bridgehead atoms. The van der Waals surface area contributed by atoms with Gasteiger partial charge < -0.3 is 0 Å². The van der Waals surface area contributed by atoms with E-state index in [-0.39, 0.29) is 17.2 Å². The molecule has 1 aromatic rings. The number of carbonyl (C=O) groups is 2. The van der Waals surface area contributed by atoms with E-state index in [1.807, 2.05) is 6.92 Å². The molecule has 1 aromatic carbocycles. The predicted molar refractivity (Wildman–Crippen MR) is 70.2 cm³/mol. The van der Waals surface area contributed by atoms with E-state index < -0.39 is 0 Å². The molecule has 0 aromatic heterocycles. The second-order valence-electron chi connectivity index (χ2n) is 5.33. The van der Waals surface area contributed by atoms with Gasteiger partial charge in [-0.1, -0.05) is 44.5 Å². The van der Waals surface area contributed by atoms with Gasteiger partial charge in [-0.3, -0.25) is 14.9 Å². The Bertz CT molecular complexity index is 446. The van der Waals surface area contributed by atoms with Gasteiger partial charge in [0.2, 0.25) is 11.8 Å². The van der Waals surface area contributed by atoms with Gasteiger partial charge in [-0.05, 0) is 17.5 Å². The van der Waals surface area contributed by atoms with Crippen LogP contribution in [0.5, 0.6) is 0 Å². The van der Waals surface area contributed by atoms with Crippen molar-refractivity contribution in [3.05, 3.63) is 35.4 Å². The highest BCUT2D eigenvalue weighted by atomic mass is 16.2. The fraction of sp³-hybridized carbons (Fsp3) is 0.467. The van der Waals surface area contributed by atoms with Crippen molar-refractivity contribution < 1.29 is 9.59 Å². The topological polar surface area (TPSA) is 46.2 Å². The van der Waals surface area contributed by atoms with Crippen LogP contribution in [0.3, 0.4) is 0 Å². The zero-order valence-electron chi connectivity index (χ0n) is 11.0. The predicted octanol–water partition coefficient (Wildman–Crippen LogP) is 2.33. The molecule has 0 atom stereocenters. The maximum absolute atomic E-state index is 11.5. The Labute approximate surface area is 108 Å². The van der Waals surface area contributed by atoms with Crippen molar-refractivity contribution in [2.75, 3.05) is 0 Å². The summed E-state index contributed by atoms with van der Waals surface area (Å²) in [6.45, 7) is 4.14. The number of piperidine rings is 1. The van der Waals surface area contributed by atoms with E-state index in [1.165, 1.54) is 5.56 Å². The fourth-order valence-electron chi connectivity index (χ4n) is 2.58. The minimum Gasteiger partial charge on any atom is -0.296 e. The van der Waals surface area contributed by atoms with E-state index in [0.29, 0.717) is 12.8 Å². The van der Waals surface area contributed by atoms with E-state index in [9.17, 15) is 9.59 Å². The van der Waals surface area contributed by atoms with Crippen LogP contribution in [0.4, 0.5) is 0 Å². The van der Waals surface area contributed by atoms with Gasteiger partial charge in [0.15, 0.2) is 0 Å². The summed E-state index contributed by atoms with van der Waals surface area (Å²) >= 11 is 0. The molecule has 1 heterocycles. The van der Waals surface area contributed by atoms with Crippen LogP contribution in [0.25, 0.3) is 0 Å². The Balaban J connectivity index is 2.23. The number of imide groups is 1. The van der Waals surface area contributed by atoms with E-state index in [2.05, 4.69) is 36.5 Å². The molecule has 0 radical (unpaired) electrons. The molecule has 1 saturated heterocycles. The average molecular weight is 245 g/mol. The number of carbonyl (C=O) groups excluding carboxylic acids is 2. The minimum absolute atomic E-state index is 0.175. The second-order valence-corrected chi connectivity index (χ2v) is 5.33. The average Bonchev–Trinajstić information content (AvgIpc) is 2.28. The Morgan fingerprint density at radius 3 is 2.17 bits per heavy atom. The van der Waals surface area contributed by atoms with Crippen molar-refractivity contribution in [2.45, 2.75) is 44.9 Å². The molecule has 1 aliphatic rings. The van der Waals surface area contributed by atoms with Crippen LogP contribution in [0.15, 0.2) is 24.3 Å². The molecule has 1 N–H and O–H groups in total. The lowest BCUT2D eigenvalue weighted by Crippen LogP contribution is -2.45. The third-order valence-corrected chi connectivity index (χ3v) is 3.57. The van der Waals surface area contributed by atoms with E-state index in [0.717, 1.165) is 18.4 Å². The quantitative estimate of drug-likeness (QED) is 0.831. The van der Waals surface area contributed by atoms with E-state index >= 15 is 0 Å². The normalized spacial score (nSPS) is 18.6. The summed E-state index contributed by atoms with van der Waals surface area (Å²) in [6.07, 6.45) is 2.95. The van der Waals surface area contributed by atoms with Crippen molar-refractivity contribution in [1.82, 2.24) is 5.32 Å². The smallest absolute Gasteiger partial charge is 0.227 e. The lowest BCUT2D eigenvalue weighted by molar-refractivity contribution is -0.135. The van der Waals surface area contributed by atoms with Crippen LogP contribution in [0.1, 0.15) is 44.2 Å². The first-order valence-electron chi connectivity index (χ1n) is 6.45. The van der Waals surface area contributed by atoms with Gasteiger partial charge in [0, 0.05) is 18.3 Å². The molecule has 3 heteroatoms. The first-order valence-corrected chi connectivity index (χ1v) is 6.45. The monoisotopic (exact) mass is 245 g/mol. The molecule has 96 valence electrons. The number of nitrogens with one attached hydrogen (secondary N) is 1. The lowest BCUT2D eigenvalue weighted by atomic mass is 9.74. The van der Waals surface area contributed by atoms with Gasteiger partial charge in [0.05, 0.1) is 0 Å². The Morgan fingerprint density at radius 1 is 1.11 bits per heavy atom. The Kier molecular flexibility index (Phi) is 3.50. The third kappa shape index (κ3) is 2.61. The minimum atomic E-state index is -0.357. The molecular formula is C15H19NO2. The van der Waals surface area contributed by atoms with Crippen LogP contribution < -0.4 is 5.32 Å². The van der Waals surface area contributed by atoms with E-state index in [4.69, 9.17) is 0 Å². The number of amides is 2. The maximum atomic E-state index is 11.5. The van der Waals surface area contributed by atoms with Crippen molar-refractivity contribution in [1.29, 1.82) is 0 Å². The van der Waals surface area contributed by atoms with E-state index in [1.54, 1.807) is 0 Å². The third-order valence-electron chi connectivity index (χ3n) is 3.57. The molecular weight excluding hydrogens is 226 g/mol. The van der Waals surface area contributed by atoms with Gasteiger partial charge in [-0.25, -0.2) is 0 Å². The Morgan fingerprint density at radius 2 is 1.67 bits per heavy atom. The standard InChI is InChI=1S/C15H19NO2/c1-3-4-11-5-7-12(8-6-11)15(2)9-13(17)16-14(18)10-15/h5-8H,3-4,9-10H2,1-2H3,(H,16,17,18). The summed E-state index contributed by atoms with van der Waals surface area (Å²) in [7, 11) is 0. The molecule has 1 fully saturated rings. The zero-order valence-corrected chi connectivity index (χ0v) is 11.0. The number of rotatable bonds is 3. The van der Waals surface area contributed by atoms with Crippen molar-refractivity contribution in [3.63, 3.8) is 0 Å². The molecule has 2 rings (SSSR count). The molecule has 0 saturated carbocycles. The van der Waals surface area contributed by atoms with Crippen molar-refractivity contribution in [3.8, 4) is 0 Å². The SMILES string of the molecule is CCCc1ccc(C2(C)CC(=O)NC(=O)C2)cc1. The maximum Gasteiger partial charge on any atom is 0.227 e. The summed E-state index contributed by atoms with van der Waals surface area (Å²) < 4.78 is 0. The molecule has 0 spiro atoms. The number of hydrogen-bond acceptors (Lipinski definition) is 2. The van der Waals surface area contributed by atoms with Gasteiger partial charge in [-0.15, -0.1) is 0 Å². The number of benzene rings is 1. The molecule has 3 nitrogen and oxygen atoms in total. The summed E-state index contributed by atoms with van der Waals surface area (Å²) in [6, 6.07) is 8.30. The zero-order chi connectivity index (χ0) is 13.2. The molecule has 2 amide bonds. The summed E-state index contributed by atoms with van der Waals surface area (Å²) in [5, 5.41) is 2.36. The van der Waals surface area contributed by atoms with Crippen molar-refractivity contribution >= 4 is 11.8 Å². The molecule has 0 aliphatic carbocycles. The van der Waals surface area contributed by atoms with Gasteiger partial charge >= 0.3 is 0 Å². The molecule has 1 aliphatic heterocycles. The van der Waals surface area contributed by atoms with Gasteiger partial charge in [0.25, 0.3) is 0 Å². The van der Waals surface area contributed by atoms with Crippen molar-refractivity contribution in [2.24, 2.45) is 0 Å². The first-order chi connectivity index (χ1) is 8.53. The van der Waals surface area contributed by atoms with Gasteiger partial charge in [-0.2, -0.15) is 0 Å². The lowest BCUT2D eigenvalue weighted by Gasteiger charge is -2.32. The van der Waals surface area contributed by atoms with Crippen LogP contribution in [0, 0.1) is 0 Å². The van der Waals surface area contributed by atoms with Crippen LogP contribution in [0.2, 0.25) is 0 Å². The van der Waals surface area contributed by atoms with Crippen LogP contribution in [-0.4, -0.2) is 11.8 Å². The largest absolute Gasteiger partial charge is 0.296 e. The highest BCUT2D eigenvalue weighted by Gasteiger charge is 2.36. The summed E-state index contributed by atoms with van der Waals surface area (Å²) in [5.74, 6) is -0.349. The summed E-state index contributed by atoms with van der Waals surface area (Å²) in [4.78, 5) is 23.0. The highest BCUT2D eigenvalue weighted by Crippen LogP contribution is 2.33. The second kappa shape index (κ2) is 4.92. The van der Waals surface area contributed by atoms with Crippen LogP contribution in [-0.2, 0) is 21.4 Å². The number of aryl methyl sites for hydroxylation is 1. The molecule has 18 heavy (non-hydrogen) atoms. The summed E-state index contributed by atoms with van der Waals surface area (Å²) in [5.41, 5.74) is 2.02. The number of hydrogen-bond donors (Lipinski definition) is 1. The van der Waals surface area contributed by atoms with Gasteiger partial charge in [0.1, 0.15) is 0 Å². The highest BCUT2D eigenvalue weighted by molar-refractivity contribution is 5.99. The first kappa shape index (κ1) is 12.8. The van der Waals surface area contributed by atoms with Crippen LogP contribution >= 0.6 is 0 Å².